The number of benzene rings is 2. The first-order valence-corrected chi connectivity index (χ1v) is 8.24. The lowest BCUT2D eigenvalue weighted by Crippen LogP contribution is -1.95. The second-order valence-corrected chi connectivity index (χ2v) is 6.91. The number of Topliss-reactive ketones (excluding diaryl/α,β-unsaturated/α-hetero) is 1. The second kappa shape index (κ2) is 6.59. The first-order valence-electron chi connectivity index (χ1n) is 6.46. The Morgan fingerprint density at radius 3 is 2.35 bits per heavy atom. The maximum absolute atomic E-state index is 11.7. The van der Waals surface area contributed by atoms with Gasteiger partial charge in [-0.1, -0.05) is 45.3 Å². The number of carbonyl (C=O) groups is 1. The summed E-state index contributed by atoms with van der Waals surface area (Å²) in [6.45, 7) is 5.84. The molecule has 0 radical (unpaired) electrons. The van der Waals surface area contributed by atoms with Gasteiger partial charge in [-0.2, -0.15) is 0 Å². The van der Waals surface area contributed by atoms with Crippen LogP contribution < -0.4 is 0 Å². The minimum Gasteiger partial charge on any atom is -0.294 e. The van der Waals surface area contributed by atoms with E-state index >= 15 is 0 Å². The summed E-state index contributed by atoms with van der Waals surface area (Å²) in [7, 11) is 0. The van der Waals surface area contributed by atoms with Crippen molar-refractivity contribution >= 4 is 33.5 Å². The Balaban J connectivity index is 2.20. The standard InChI is InChI=1S/C17H17BrOS/c1-11-6-12(2)8-14(7-11)10-20-17-5-4-15(18)9-16(17)13(3)19/h4-9H,10H2,1-3H3. The van der Waals surface area contributed by atoms with Crippen LogP contribution in [-0.4, -0.2) is 5.78 Å². The molecule has 0 N–H and O–H groups in total. The molecule has 104 valence electrons. The zero-order valence-corrected chi connectivity index (χ0v) is 14.3. The Hall–Kier alpha value is -1.06. The molecule has 20 heavy (non-hydrogen) atoms. The zero-order valence-electron chi connectivity index (χ0n) is 11.9. The molecule has 0 fully saturated rings. The minimum absolute atomic E-state index is 0.106. The van der Waals surface area contributed by atoms with E-state index < -0.39 is 0 Å². The first kappa shape index (κ1) is 15.3. The highest BCUT2D eigenvalue weighted by Gasteiger charge is 2.09. The molecule has 0 amide bonds. The fraction of sp³-hybridized carbons (Fsp3) is 0.235. The highest BCUT2D eigenvalue weighted by Crippen LogP contribution is 2.29. The molecule has 0 atom stereocenters. The molecule has 0 spiro atoms. The van der Waals surface area contributed by atoms with E-state index in [0.29, 0.717) is 0 Å². The Labute approximate surface area is 132 Å². The van der Waals surface area contributed by atoms with E-state index in [1.165, 1.54) is 16.7 Å². The van der Waals surface area contributed by atoms with Gasteiger partial charge in [-0.15, -0.1) is 11.8 Å². The molecule has 2 aromatic rings. The third-order valence-corrected chi connectivity index (χ3v) is 4.63. The summed E-state index contributed by atoms with van der Waals surface area (Å²) in [5.41, 5.74) is 4.64. The molecule has 0 bridgehead atoms. The van der Waals surface area contributed by atoms with E-state index in [1.54, 1.807) is 18.7 Å². The third kappa shape index (κ3) is 3.97. The van der Waals surface area contributed by atoms with Crippen molar-refractivity contribution in [3.05, 3.63) is 63.1 Å². The van der Waals surface area contributed by atoms with Crippen LogP contribution in [0.4, 0.5) is 0 Å². The van der Waals surface area contributed by atoms with E-state index in [9.17, 15) is 4.79 Å². The van der Waals surface area contributed by atoms with Crippen LogP contribution in [0.3, 0.4) is 0 Å². The monoisotopic (exact) mass is 348 g/mol. The molecule has 0 aliphatic rings. The zero-order chi connectivity index (χ0) is 14.7. The lowest BCUT2D eigenvalue weighted by atomic mass is 10.1. The smallest absolute Gasteiger partial charge is 0.160 e. The van der Waals surface area contributed by atoms with Crippen LogP contribution in [0.15, 0.2) is 45.8 Å². The topological polar surface area (TPSA) is 17.1 Å². The van der Waals surface area contributed by atoms with Gasteiger partial charge < -0.3 is 0 Å². The average molecular weight is 349 g/mol. The van der Waals surface area contributed by atoms with Gasteiger partial charge in [0.15, 0.2) is 5.78 Å². The van der Waals surface area contributed by atoms with Crippen LogP contribution in [-0.2, 0) is 5.75 Å². The van der Waals surface area contributed by atoms with Gasteiger partial charge in [0, 0.05) is 20.7 Å². The lowest BCUT2D eigenvalue weighted by Gasteiger charge is -2.09. The number of rotatable bonds is 4. The maximum Gasteiger partial charge on any atom is 0.160 e. The van der Waals surface area contributed by atoms with E-state index in [2.05, 4.69) is 48.0 Å². The van der Waals surface area contributed by atoms with Crippen LogP contribution in [0.25, 0.3) is 0 Å². The molecule has 3 heteroatoms. The molecule has 0 aliphatic carbocycles. The molecule has 1 nitrogen and oxygen atoms in total. The summed E-state index contributed by atoms with van der Waals surface area (Å²) in [5.74, 6) is 0.985. The third-order valence-electron chi connectivity index (χ3n) is 3.00. The van der Waals surface area contributed by atoms with E-state index in [0.717, 1.165) is 20.7 Å². The van der Waals surface area contributed by atoms with Crippen molar-refractivity contribution in [1.29, 1.82) is 0 Å². The SMILES string of the molecule is CC(=O)c1cc(Br)ccc1SCc1cc(C)cc(C)c1. The van der Waals surface area contributed by atoms with Crippen LogP contribution >= 0.6 is 27.7 Å². The number of thioether (sulfide) groups is 1. The highest BCUT2D eigenvalue weighted by molar-refractivity contribution is 9.10. The largest absolute Gasteiger partial charge is 0.294 e. The van der Waals surface area contributed by atoms with Gasteiger partial charge in [0.05, 0.1) is 0 Å². The van der Waals surface area contributed by atoms with Gasteiger partial charge in [0.25, 0.3) is 0 Å². The van der Waals surface area contributed by atoms with E-state index in [4.69, 9.17) is 0 Å². The Bertz CT molecular complexity index is 629. The van der Waals surface area contributed by atoms with Crippen molar-refractivity contribution < 1.29 is 4.79 Å². The molecule has 0 heterocycles. The Kier molecular flexibility index (Phi) is 5.06. The van der Waals surface area contributed by atoms with Gasteiger partial charge in [-0.05, 0) is 44.5 Å². The molecular weight excluding hydrogens is 332 g/mol. The number of carbonyl (C=O) groups excluding carboxylic acids is 1. The Morgan fingerprint density at radius 1 is 1.10 bits per heavy atom. The first-order chi connectivity index (χ1) is 9.45. The van der Waals surface area contributed by atoms with Crippen molar-refractivity contribution in [1.82, 2.24) is 0 Å². The molecule has 0 aromatic heterocycles. The average Bonchev–Trinajstić information content (AvgIpc) is 2.36. The molecule has 2 aromatic carbocycles. The van der Waals surface area contributed by atoms with Gasteiger partial charge in [-0.3, -0.25) is 4.79 Å². The van der Waals surface area contributed by atoms with Crippen LogP contribution in [0.5, 0.6) is 0 Å². The number of halogens is 1. The normalized spacial score (nSPS) is 10.6. The van der Waals surface area contributed by atoms with Gasteiger partial charge >= 0.3 is 0 Å². The van der Waals surface area contributed by atoms with Crippen molar-refractivity contribution in [3.8, 4) is 0 Å². The van der Waals surface area contributed by atoms with Gasteiger partial charge in [0.1, 0.15) is 0 Å². The van der Waals surface area contributed by atoms with Crippen molar-refractivity contribution in [3.63, 3.8) is 0 Å². The Morgan fingerprint density at radius 2 is 1.75 bits per heavy atom. The molecule has 0 unspecified atom stereocenters. The maximum atomic E-state index is 11.7. The van der Waals surface area contributed by atoms with Crippen molar-refractivity contribution in [2.45, 2.75) is 31.4 Å². The summed E-state index contributed by atoms with van der Waals surface area (Å²) in [4.78, 5) is 12.7. The summed E-state index contributed by atoms with van der Waals surface area (Å²) in [6.07, 6.45) is 0. The number of ketones is 1. The van der Waals surface area contributed by atoms with Crippen LogP contribution in [0.1, 0.15) is 34.0 Å². The van der Waals surface area contributed by atoms with Crippen molar-refractivity contribution in [2.24, 2.45) is 0 Å². The van der Waals surface area contributed by atoms with Crippen LogP contribution in [0, 0.1) is 13.8 Å². The quantitative estimate of drug-likeness (QED) is 0.531. The van der Waals surface area contributed by atoms with Gasteiger partial charge in [-0.25, -0.2) is 0 Å². The van der Waals surface area contributed by atoms with E-state index in [-0.39, 0.29) is 5.78 Å². The van der Waals surface area contributed by atoms with E-state index in [1.807, 2.05) is 18.2 Å². The minimum atomic E-state index is 0.106. The summed E-state index contributed by atoms with van der Waals surface area (Å²) in [6, 6.07) is 12.5. The predicted octanol–water partition coefficient (Wildman–Crippen LogP) is 5.56. The summed E-state index contributed by atoms with van der Waals surface area (Å²) < 4.78 is 0.943. The number of aryl methyl sites for hydroxylation is 2. The van der Waals surface area contributed by atoms with Crippen molar-refractivity contribution in [2.75, 3.05) is 0 Å². The molecule has 0 saturated carbocycles. The fourth-order valence-corrected chi connectivity index (χ4v) is 3.59. The number of hydrogen-bond acceptors (Lipinski definition) is 2. The molecule has 2 rings (SSSR count). The molecule has 0 saturated heterocycles. The molecule has 0 aliphatic heterocycles. The predicted molar refractivity (Wildman–Crippen MR) is 89.6 cm³/mol. The van der Waals surface area contributed by atoms with Gasteiger partial charge in [0.2, 0.25) is 0 Å². The number of hydrogen-bond donors (Lipinski definition) is 0. The lowest BCUT2D eigenvalue weighted by molar-refractivity contribution is 0.101. The summed E-state index contributed by atoms with van der Waals surface area (Å²) in [5, 5.41) is 0. The fourth-order valence-electron chi connectivity index (χ4n) is 2.22. The second-order valence-electron chi connectivity index (χ2n) is 4.98. The summed E-state index contributed by atoms with van der Waals surface area (Å²) >= 11 is 5.13. The highest BCUT2D eigenvalue weighted by atomic mass is 79.9. The molecular formula is C17H17BrOS. The van der Waals surface area contributed by atoms with Crippen LogP contribution in [0.2, 0.25) is 0 Å².